The number of aromatic nitrogens is 1. The Bertz CT molecular complexity index is 639. The molecule has 1 aliphatic rings. The Balaban J connectivity index is 1.67. The van der Waals surface area contributed by atoms with Crippen molar-refractivity contribution < 1.29 is 9.53 Å². The molecule has 0 saturated carbocycles. The molecule has 122 valence electrons. The highest BCUT2D eigenvalue weighted by Crippen LogP contribution is 2.25. The highest BCUT2D eigenvalue weighted by Gasteiger charge is 2.24. The van der Waals surface area contributed by atoms with Crippen molar-refractivity contribution in [2.75, 3.05) is 32.8 Å². The lowest BCUT2D eigenvalue weighted by atomic mass is 10.2. The molecular weight excluding hydrogens is 310 g/mol. The van der Waals surface area contributed by atoms with Crippen LogP contribution in [0.1, 0.15) is 27.1 Å². The highest BCUT2D eigenvalue weighted by molar-refractivity contribution is 7.10. The molecule has 2 aromatic heterocycles. The molecule has 0 aliphatic carbocycles. The van der Waals surface area contributed by atoms with Crippen LogP contribution < -0.4 is 5.32 Å². The normalized spacial score (nSPS) is 16.9. The van der Waals surface area contributed by atoms with E-state index in [2.05, 4.69) is 32.7 Å². The Labute approximate surface area is 140 Å². The van der Waals surface area contributed by atoms with Gasteiger partial charge in [0.15, 0.2) is 0 Å². The van der Waals surface area contributed by atoms with Crippen LogP contribution in [0.25, 0.3) is 0 Å². The number of carbonyl (C=O) groups excluding carboxylic acids is 1. The van der Waals surface area contributed by atoms with Gasteiger partial charge in [0.2, 0.25) is 0 Å². The van der Waals surface area contributed by atoms with E-state index in [1.165, 1.54) is 4.88 Å². The van der Waals surface area contributed by atoms with E-state index in [0.717, 1.165) is 32.0 Å². The van der Waals surface area contributed by atoms with Crippen LogP contribution in [0.2, 0.25) is 0 Å². The van der Waals surface area contributed by atoms with E-state index in [0.29, 0.717) is 12.2 Å². The predicted octanol–water partition coefficient (Wildman–Crippen LogP) is 2.25. The number of amides is 1. The quantitative estimate of drug-likeness (QED) is 0.913. The van der Waals surface area contributed by atoms with Gasteiger partial charge < -0.3 is 10.1 Å². The second kappa shape index (κ2) is 7.68. The van der Waals surface area contributed by atoms with E-state index in [1.807, 2.05) is 19.1 Å². The van der Waals surface area contributed by atoms with Crippen LogP contribution in [0.15, 0.2) is 35.7 Å². The molecule has 0 radical (unpaired) electrons. The number of pyridine rings is 1. The van der Waals surface area contributed by atoms with Crippen molar-refractivity contribution in [3.8, 4) is 0 Å². The minimum absolute atomic E-state index is 0.122. The maximum absolute atomic E-state index is 12.3. The zero-order valence-corrected chi connectivity index (χ0v) is 14.0. The maximum Gasteiger partial charge on any atom is 0.269 e. The van der Waals surface area contributed by atoms with Gasteiger partial charge in [-0.15, -0.1) is 11.3 Å². The summed E-state index contributed by atoms with van der Waals surface area (Å²) in [6.45, 7) is 5.74. The number of rotatable bonds is 5. The van der Waals surface area contributed by atoms with E-state index in [-0.39, 0.29) is 11.9 Å². The average Bonchev–Trinajstić information content (AvgIpc) is 3.10. The predicted molar refractivity (Wildman–Crippen MR) is 90.8 cm³/mol. The fraction of sp³-hybridized carbons (Fsp3) is 0.412. The third-order valence-electron chi connectivity index (χ3n) is 3.93. The topological polar surface area (TPSA) is 54.5 Å². The summed E-state index contributed by atoms with van der Waals surface area (Å²) >= 11 is 1.73. The fourth-order valence-electron chi connectivity index (χ4n) is 2.73. The van der Waals surface area contributed by atoms with Gasteiger partial charge in [-0.3, -0.25) is 9.69 Å². The first-order chi connectivity index (χ1) is 11.2. The molecule has 6 heteroatoms. The van der Waals surface area contributed by atoms with Crippen LogP contribution >= 0.6 is 11.3 Å². The third-order valence-corrected chi connectivity index (χ3v) is 4.91. The molecule has 1 aliphatic heterocycles. The first-order valence-corrected chi connectivity index (χ1v) is 8.69. The van der Waals surface area contributed by atoms with Crippen LogP contribution in [0.4, 0.5) is 0 Å². The Morgan fingerprint density at radius 2 is 2.17 bits per heavy atom. The second-order valence-electron chi connectivity index (χ2n) is 5.55. The minimum atomic E-state index is -0.122. The zero-order valence-electron chi connectivity index (χ0n) is 13.2. The first-order valence-electron chi connectivity index (χ1n) is 7.81. The summed E-state index contributed by atoms with van der Waals surface area (Å²) in [6.07, 6.45) is 0. The average molecular weight is 331 g/mol. The fourth-order valence-corrected chi connectivity index (χ4v) is 3.59. The first kappa shape index (κ1) is 16.1. The van der Waals surface area contributed by atoms with Crippen molar-refractivity contribution in [3.05, 3.63) is 52.0 Å². The minimum Gasteiger partial charge on any atom is -0.379 e. The summed E-state index contributed by atoms with van der Waals surface area (Å²) in [4.78, 5) is 20.3. The standard InChI is InChI=1S/C17H21N3O2S/c1-13-4-2-5-14(19-13)17(21)18-12-15(16-6-3-11-23-16)20-7-9-22-10-8-20/h2-6,11,15H,7-10,12H2,1H3,(H,18,21). The lowest BCUT2D eigenvalue weighted by Crippen LogP contribution is -2.43. The SMILES string of the molecule is Cc1cccc(C(=O)NCC(c2cccs2)N2CCOCC2)n1. The Hall–Kier alpha value is -1.76. The molecule has 3 rings (SSSR count). The molecular formula is C17H21N3O2S. The molecule has 1 atom stereocenters. The number of aryl methyl sites for hydroxylation is 1. The lowest BCUT2D eigenvalue weighted by molar-refractivity contribution is 0.0169. The van der Waals surface area contributed by atoms with Gasteiger partial charge in [-0.25, -0.2) is 4.98 Å². The Morgan fingerprint density at radius 1 is 1.35 bits per heavy atom. The van der Waals surface area contributed by atoms with Gasteiger partial charge >= 0.3 is 0 Å². The number of carbonyl (C=O) groups is 1. The smallest absolute Gasteiger partial charge is 0.269 e. The van der Waals surface area contributed by atoms with Crippen molar-refractivity contribution in [1.29, 1.82) is 0 Å². The summed E-state index contributed by atoms with van der Waals surface area (Å²) in [5, 5.41) is 5.11. The highest BCUT2D eigenvalue weighted by atomic mass is 32.1. The molecule has 0 aromatic carbocycles. The van der Waals surface area contributed by atoms with Gasteiger partial charge in [0.1, 0.15) is 5.69 Å². The van der Waals surface area contributed by atoms with E-state index in [4.69, 9.17) is 4.74 Å². The van der Waals surface area contributed by atoms with Crippen LogP contribution in [-0.4, -0.2) is 48.6 Å². The Kier molecular flexibility index (Phi) is 5.38. The number of nitrogens with one attached hydrogen (secondary N) is 1. The number of morpholine rings is 1. The Morgan fingerprint density at radius 3 is 2.87 bits per heavy atom. The summed E-state index contributed by atoms with van der Waals surface area (Å²) in [5.41, 5.74) is 1.32. The number of ether oxygens (including phenoxy) is 1. The number of thiophene rings is 1. The molecule has 1 saturated heterocycles. The van der Waals surface area contributed by atoms with Crippen molar-refractivity contribution in [3.63, 3.8) is 0 Å². The van der Waals surface area contributed by atoms with Gasteiger partial charge in [-0.1, -0.05) is 12.1 Å². The summed E-state index contributed by atoms with van der Waals surface area (Å²) in [7, 11) is 0. The van der Waals surface area contributed by atoms with Gasteiger partial charge in [0, 0.05) is 30.2 Å². The monoisotopic (exact) mass is 331 g/mol. The van der Waals surface area contributed by atoms with Crippen molar-refractivity contribution in [2.45, 2.75) is 13.0 Å². The molecule has 0 bridgehead atoms. The molecule has 2 aromatic rings. The van der Waals surface area contributed by atoms with Crippen LogP contribution in [0.5, 0.6) is 0 Å². The van der Waals surface area contributed by atoms with E-state index < -0.39 is 0 Å². The number of nitrogens with zero attached hydrogens (tertiary/aromatic N) is 2. The largest absolute Gasteiger partial charge is 0.379 e. The summed E-state index contributed by atoms with van der Waals surface area (Å²) in [6, 6.07) is 9.86. The molecule has 1 fully saturated rings. The van der Waals surface area contributed by atoms with Crippen LogP contribution in [-0.2, 0) is 4.74 Å². The summed E-state index contributed by atoms with van der Waals surface area (Å²) in [5.74, 6) is -0.122. The van der Waals surface area contributed by atoms with Crippen LogP contribution in [0, 0.1) is 6.92 Å². The molecule has 1 N–H and O–H groups in total. The number of hydrogen-bond acceptors (Lipinski definition) is 5. The van der Waals surface area contributed by atoms with Crippen molar-refractivity contribution >= 4 is 17.2 Å². The second-order valence-corrected chi connectivity index (χ2v) is 6.53. The third kappa shape index (κ3) is 4.16. The molecule has 5 nitrogen and oxygen atoms in total. The van der Waals surface area contributed by atoms with Gasteiger partial charge in [-0.2, -0.15) is 0 Å². The van der Waals surface area contributed by atoms with Gasteiger partial charge in [0.05, 0.1) is 19.3 Å². The lowest BCUT2D eigenvalue weighted by Gasteiger charge is -2.34. The van der Waals surface area contributed by atoms with Gasteiger partial charge in [-0.05, 0) is 30.5 Å². The molecule has 1 amide bonds. The molecule has 23 heavy (non-hydrogen) atoms. The summed E-state index contributed by atoms with van der Waals surface area (Å²) < 4.78 is 5.44. The van der Waals surface area contributed by atoms with E-state index in [1.54, 1.807) is 17.4 Å². The maximum atomic E-state index is 12.3. The van der Waals surface area contributed by atoms with Crippen LogP contribution in [0.3, 0.4) is 0 Å². The number of hydrogen-bond donors (Lipinski definition) is 1. The molecule has 0 spiro atoms. The van der Waals surface area contributed by atoms with Crippen molar-refractivity contribution in [1.82, 2.24) is 15.2 Å². The van der Waals surface area contributed by atoms with E-state index in [9.17, 15) is 4.79 Å². The van der Waals surface area contributed by atoms with Gasteiger partial charge in [0.25, 0.3) is 5.91 Å². The molecule has 1 unspecified atom stereocenters. The zero-order chi connectivity index (χ0) is 16.1. The van der Waals surface area contributed by atoms with E-state index >= 15 is 0 Å². The molecule has 3 heterocycles. The van der Waals surface area contributed by atoms with Crippen molar-refractivity contribution in [2.24, 2.45) is 0 Å².